The van der Waals surface area contributed by atoms with Crippen molar-refractivity contribution in [2.45, 2.75) is 6.54 Å². The number of halogens is 2. The first-order chi connectivity index (χ1) is 15.1. The molecule has 1 heterocycles. The zero-order chi connectivity index (χ0) is 21.8. The molecule has 4 rings (SSSR count). The lowest BCUT2D eigenvalue weighted by Crippen LogP contribution is -2.34. The van der Waals surface area contributed by atoms with Crippen LogP contribution >= 0.6 is 0 Å². The maximum absolute atomic E-state index is 14.2. The van der Waals surface area contributed by atoms with Crippen LogP contribution < -0.4 is 14.9 Å². The van der Waals surface area contributed by atoms with Crippen molar-refractivity contribution in [3.63, 3.8) is 0 Å². The molecule has 0 spiro atoms. The predicted octanol–water partition coefficient (Wildman–Crippen LogP) is 5.38. The summed E-state index contributed by atoms with van der Waals surface area (Å²) in [5.41, 5.74) is 7.54. The quantitative estimate of drug-likeness (QED) is 0.580. The number of rotatable bonds is 6. The van der Waals surface area contributed by atoms with Gasteiger partial charge in [-0.05, 0) is 54.1 Å². The molecule has 0 atom stereocenters. The van der Waals surface area contributed by atoms with Crippen LogP contribution in [0.2, 0.25) is 0 Å². The van der Waals surface area contributed by atoms with Crippen molar-refractivity contribution in [1.82, 2.24) is 10.4 Å². The fourth-order valence-corrected chi connectivity index (χ4v) is 3.40. The Morgan fingerprint density at radius 2 is 1.42 bits per heavy atom. The first-order valence-electron chi connectivity index (χ1n) is 9.76. The van der Waals surface area contributed by atoms with Gasteiger partial charge in [-0.15, -0.1) is 0 Å². The normalized spacial score (nSPS) is 13.2. The van der Waals surface area contributed by atoms with Crippen LogP contribution in [0.4, 0.5) is 8.78 Å². The summed E-state index contributed by atoms with van der Waals surface area (Å²) in [6.45, 7) is 0.234. The maximum Gasteiger partial charge on any atom is 0.131 e. The molecular formula is C25H22F2N2O2. The van der Waals surface area contributed by atoms with Crippen molar-refractivity contribution in [2.75, 3.05) is 14.2 Å². The van der Waals surface area contributed by atoms with Gasteiger partial charge in [0.25, 0.3) is 0 Å². The Morgan fingerprint density at radius 3 is 2.00 bits per heavy atom. The number of hydrogen-bond acceptors (Lipinski definition) is 4. The summed E-state index contributed by atoms with van der Waals surface area (Å²) in [5, 5.41) is 1.77. The number of nitrogens with zero attached hydrogens (tertiary/aromatic N) is 1. The van der Waals surface area contributed by atoms with Crippen LogP contribution in [-0.2, 0) is 6.54 Å². The van der Waals surface area contributed by atoms with E-state index in [9.17, 15) is 8.78 Å². The molecule has 6 heteroatoms. The van der Waals surface area contributed by atoms with E-state index in [2.05, 4.69) is 5.43 Å². The smallest absolute Gasteiger partial charge is 0.131 e. The van der Waals surface area contributed by atoms with Gasteiger partial charge in [0.15, 0.2) is 0 Å². The second-order valence-electron chi connectivity index (χ2n) is 7.04. The fraction of sp³-hybridized carbons (Fsp3) is 0.120. The maximum atomic E-state index is 14.2. The monoisotopic (exact) mass is 420 g/mol. The molecule has 1 aliphatic heterocycles. The van der Waals surface area contributed by atoms with Gasteiger partial charge in [-0.25, -0.2) is 8.78 Å². The highest BCUT2D eigenvalue weighted by Gasteiger charge is 2.18. The van der Waals surface area contributed by atoms with Crippen molar-refractivity contribution < 1.29 is 18.3 Å². The molecule has 0 radical (unpaired) electrons. The van der Waals surface area contributed by atoms with Crippen LogP contribution in [0.15, 0.2) is 79.0 Å². The van der Waals surface area contributed by atoms with E-state index < -0.39 is 11.6 Å². The van der Waals surface area contributed by atoms with E-state index in [0.717, 1.165) is 40.0 Å². The van der Waals surface area contributed by atoms with Crippen molar-refractivity contribution >= 4 is 11.3 Å². The molecule has 0 aliphatic carbocycles. The van der Waals surface area contributed by atoms with Crippen LogP contribution in [0.3, 0.4) is 0 Å². The average molecular weight is 420 g/mol. The van der Waals surface area contributed by atoms with Crippen LogP contribution in [0.25, 0.3) is 11.3 Å². The predicted molar refractivity (Wildman–Crippen MR) is 117 cm³/mol. The van der Waals surface area contributed by atoms with Crippen molar-refractivity contribution in [3.05, 3.63) is 107 Å². The van der Waals surface area contributed by atoms with E-state index in [-0.39, 0.29) is 6.54 Å². The summed E-state index contributed by atoms with van der Waals surface area (Å²) in [5.74, 6) is 0.360. The van der Waals surface area contributed by atoms with Gasteiger partial charge in [0, 0.05) is 29.0 Å². The molecule has 0 saturated carbocycles. The Balaban J connectivity index is 1.69. The topological polar surface area (TPSA) is 33.7 Å². The Hall–Kier alpha value is -3.80. The zero-order valence-electron chi connectivity index (χ0n) is 17.2. The molecule has 1 aliphatic rings. The minimum Gasteiger partial charge on any atom is -0.497 e. The highest BCUT2D eigenvalue weighted by molar-refractivity contribution is 5.95. The first-order valence-corrected chi connectivity index (χ1v) is 9.76. The van der Waals surface area contributed by atoms with E-state index in [0.29, 0.717) is 5.56 Å². The molecular weight excluding hydrogens is 398 g/mol. The van der Waals surface area contributed by atoms with E-state index >= 15 is 0 Å². The van der Waals surface area contributed by atoms with Crippen molar-refractivity contribution in [2.24, 2.45) is 0 Å². The standard InChI is InChI=1S/C25H22F2N2O2/c1-30-21-9-4-17(5-10-21)23-13-14-29(16-19-3-8-20(26)15-24(19)27)28-25(23)18-6-11-22(31-2)12-7-18/h3-15,28H,16H2,1-2H3. The van der Waals surface area contributed by atoms with Gasteiger partial charge in [-0.3, -0.25) is 10.4 Å². The molecule has 0 unspecified atom stereocenters. The van der Waals surface area contributed by atoms with Crippen LogP contribution in [0.5, 0.6) is 11.5 Å². The lowest BCUT2D eigenvalue weighted by molar-refractivity contribution is 0.309. The lowest BCUT2D eigenvalue weighted by atomic mass is 9.98. The highest BCUT2D eigenvalue weighted by Crippen LogP contribution is 2.31. The largest absolute Gasteiger partial charge is 0.497 e. The van der Waals surface area contributed by atoms with Crippen LogP contribution in [0, 0.1) is 11.6 Å². The summed E-state index contributed by atoms with van der Waals surface area (Å²) >= 11 is 0. The van der Waals surface area contributed by atoms with Gasteiger partial charge in [0.2, 0.25) is 0 Å². The summed E-state index contributed by atoms with van der Waals surface area (Å²) in [6.07, 6.45) is 3.81. The SMILES string of the molecule is COc1ccc(C2=C(c3ccc(OC)cc3)NN(Cc3ccc(F)cc3F)C=C2)cc1. The minimum absolute atomic E-state index is 0.234. The molecule has 0 saturated heterocycles. The van der Waals surface area contributed by atoms with Gasteiger partial charge in [-0.1, -0.05) is 18.2 Å². The lowest BCUT2D eigenvalue weighted by Gasteiger charge is -2.30. The molecule has 3 aromatic rings. The van der Waals surface area contributed by atoms with Gasteiger partial charge in [0.1, 0.15) is 23.1 Å². The number of methoxy groups -OCH3 is 2. The van der Waals surface area contributed by atoms with E-state index in [1.165, 1.54) is 12.1 Å². The molecule has 4 nitrogen and oxygen atoms in total. The molecule has 1 N–H and O–H groups in total. The molecule has 0 aromatic heterocycles. The van der Waals surface area contributed by atoms with Crippen molar-refractivity contribution in [3.8, 4) is 11.5 Å². The number of hydrogen-bond donors (Lipinski definition) is 1. The summed E-state index contributed by atoms with van der Waals surface area (Å²) < 4.78 is 38.0. The van der Waals surface area contributed by atoms with E-state index in [1.54, 1.807) is 19.2 Å². The third-order valence-electron chi connectivity index (χ3n) is 5.08. The molecule has 31 heavy (non-hydrogen) atoms. The van der Waals surface area contributed by atoms with Gasteiger partial charge >= 0.3 is 0 Å². The van der Waals surface area contributed by atoms with Crippen LogP contribution in [-0.4, -0.2) is 19.2 Å². The molecule has 0 bridgehead atoms. The second kappa shape index (κ2) is 8.92. The molecule has 3 aromatic carbocycles. The van der Waals surface area contributed by atoms with E-state index in [1.807, 2.05) is 60.8 Å². The average Bonchev–Trinajstić information content (AvgIpc) is 2.81. The number of nitrogens with one attached hydrogen (secondary N) is 1. The third kappa shape index (κ3) is 4.53. The van der Waals surface area contributed by atoms with Crippen LogP contribution in [0.1, 0.15) is 16.7 Å². The Morgan fingerprint density at radius 1 is 0.806 bits per heavy atom. The number of hydrazine groups is 1. The van der Waals surface area contributed by atoms with Gasteiger partial charge < -0.3 is 9.47 Å². The second-order valence-corrected chi connectivity index (χ2v) is 7.04. The summed E-state index contributed by atoms with van der Waals surface area (Å²) in [4.78, 5) is 0. The number of benzene rings is 3. The Bertz CT molecular complexity index is 1120. The summed E-state index contributed by atoms with van der Waals surface area (Å²) in [7, 11) is 3.25. The van der Waals surface area contributed by atoms with Gasteiger partial charge in [0.05, 0.1) is 26.5 Å². The Labute approximate surface area is 180 Å². The molecule has 158 valence electrons. The first kappa shape index (κ1) is 20.5. The van der Waals surface area contributed by atoms with Gasteiger partial charge in [-0.2, -0.15) is 0 Å². The minimum atomic E-state index is -0.594. The fourth-order valence-electron chi connectivity index (χ4n) is 3.40. The highest BCUT2D eigenvalue weighted by atomic mass is 19.1. The Kier molecular flexibility index (Phi) is 5.89. The third-order valence-corrected chi connectivity index (χ3v) is 5.08. The zero-order valence-corrected chi connectivity index (χ0v) is 17.2. The molecule has 0 amide bonds. The van der Waals surface area contributed by atoms with E-state index in [4.69, 9.17) is 9.47 Å². The molecule has 0 fully saturated rings. The summed E-state index contributed by atoms with van der Waals surface area (Å²) in [6, 6.07) is 19.1. The number of allylic oxidation sites excluding steroid dienone is 2. The van der Waals surface area contributed by atoms with Crippen molar-refractivity contribution in [1.29, 1.82) is 0 Å². The number of ether oxygens (including phenoxy) is 2.